The van der Waals surface area contributed by atoms with Crippen LogP contribution in [0.15, 0.2) is 58.7 Å². The van der Waals surface area contributed by atoms with Crippen LogP contribution in [0.2, 0.25) is 0 Å². The molecule has 15 nitrogen and oxygen atoms in total. The third-order valence-corrected chi connectivity index (χ3v) is 15.4. The number of aliphatic hydroxyl groups excluding tert-OH is 1. The van der Waals surface area contributed by atoms with E-state index in [2.05, 4.69) is 70.7 Å². The van der Waals surface area contributed by atoms with Crippen LogP contribution in [0.3, 0.4) is 0 Å². The molecule has 0 aliphatic carbocycles. The van der Waals surface area contributed by atoms with Gasteiger partial charge in [-0.05, 0) is 132 Å². The number of likely N-dealkylation sites (N-methyl/N-ethyl adjacent to an activating group) is 1. The van der Waals surface area contributed by atoms with Crippen LogP contribution in [-0.2, 0) is 40.2 Å². The fourth-order valence-corrected chi connectivity index (χ4v) is 10.6. The van der Waals surface area contributed by atoms with E-state index in [0.29, 0.717) is 91.0 Å². The van der Waals surface area contributed by atoms with E-state index in [9.17, 15) is 34.5 Å². The molecule has 0 bridgehead atoms. The average molecular weight is 995 g/mol. The summed E-state index contributed by atoms with van der Waals surface area (Å²) in [6.07, 6.45) is 12.8. The molecule has 3 N–H and O–H groups in total. The Bertz CT molecular complexity index is 2500. The van der Waals surface area contributed by atoms with E-state index in [1.54, 1.807) is 9.80 Å². The van der Waals surface area contributed by atoms with Gasteiger partial charge in [0.05, 0.1) is 30.3 Å². The van der Waals surface area contributed by atoms with Crippen molar-refractivity contribution in [3.05, 3.63) is 92.1 Å². The molecular formula is C57H78N4O11. The minimum atomic E-state index is -1.02. The smallest absolute Gasteiger partial charge is 0.410 e. The first kappa shape index (κ1) is 54.0. The number of carbonyl (C=O) groups excluding carboxylic acids is 4. The summed E-state index contributed by atoms with van der Waals surface area (Å²) in [6.45, 7) is 19.7. The summed E-state index contributed by atoms with van der Waals surface area (Å²) in [5.74, 6) is -0.172. The van der Waals surface area contributed by atoms with Crippen molar-refractivity contribution in [2.45, 2.75) is 175 Å². The number of fused-ring (bicyclic) bond motifs is 6. The zero-order valence-corrected chi connectivity index (χ0v) is 44.1. The second-order valence-electron chi connectivity index (χ2n) is 21.7. The number of nitrogens with zero attached hydrogens (tertiary/aromatic N) is 4. The molecule has 2 aromatic rings. The van der Waals surface area contributed by atoms with Crippen LogP contribution in [-0.4, -0.2) is 129 Å². The second kappa shape index (κ2) is 23.0. The van der Waals surface area contributed by atoms with E-state index < -0.39 is 41.6 Å². The lowest BCUT2D eigenvalue weighted by atomic mass is 9.84. The van der Waals surface area contributed by atoms with Gasteiger partial charge in [-0.15, -0.1) is 0 Å². The normalized spacial score (nSPS) is 23.3. The number of aliphatic hydroxyl groups is 1. The summed E-state index contributed by atoms with van der Waals surface area (Å²) < 4.78 is 25.4. The number of hydrogen-bond acceptors (Lipinski definition) is 12. The summed E-state index contributed by atoms with van der Waals surface area (Å²) in [6, 6.07) is 2.88. The molecule has 2 aromatic carbocycles. The van der Waals surface area contributed by atoms with Crippen molar-refractivity contribution < 1.29 is 53.4 Å². The first-order chi connectivity index (χ1) is 34.2. The lowest BCUT2D eigenvalue weighted by molar-refractivity contribution is -0.141. The number of rotatable bonds is 20. The molecule has 5 aliphatic rings. The maximum Gasteiger partial charge on any atom is 0.410 e. The van der Waals surface area contributed by atoms with Gasteiger partial charge in [0, 0.05) is 74.2 Å². The molecular weight excluding hydrogens is 917 g/mol. The summed E-state index contributed by atoms with van der Waals surface area (Å²) in [5.41, 5.74) is 5.79. The quantitative estimate of drug-likeness (QED) is 0.0847. The van der Waals surface area contributed by atoms with E-state index in [0.717, 1.165) is 38.8 Å². The average Bonchev–Trinajstić information content (AvgIpc) is 3.81. The SMILES string of the molecule is CC(C)=CCC/C(C)=C/CC[C@@]1(C)Oc2c(c(O)cc3c2CN([C@@H](CCCN2Cc4c(cc(O)c5c4O[C@](C)(CC/C=C(\C)CCC=C(C)C)[C@@H](O)C5)C2=O)OC=O)C3=O)C[C@@H]1OC(=O)N1CCN(C)CC1. The highest BCUT2D eigenvalue weighted by Crippen LogP contribution is 2.49. The summed E-state index contributed by atoms with van der Waals surface area (Å²) >= 11 is 0. The van der Waals surface area contributed by atoms with E-state index >= 15 is 0 Å². The Hall–Kier alpha value is -5.80. The Balaban J connectivity index is 1.04. The predicted octanol–water partition coefficient (Wildman–Crippen LogP) is 9.44. The molecule has 1 fully saturated rings. The van der Waals surface area contributed by atoms with E-state index in [-0.39, 0.29) is 61.9 Å². The highest BCUT2D eigenvalue weighted by atomic mass is 16.6. The Kier molecular flexibility index (Phi) is 17.2. The number of phenolic OH excluding ortho intramolecular Hbond substituents is 2. The molecule has 5 aliphatic heterocycles. The number of amides is 3. The first-order valence-electron chi connectivity index (χ1n) is 25.9. The number of benzene rings is 2. The Morgan fingerprint density at radius 1 is 0.750 bits per heavy atom. The van der Waals surface area contributed by atoms with Crippen molar-refractivity contribution in [2.24, 2.45) is 0 Å². The van der Waals surface area contributed by atoms with Gasteiger partial charge in [0.2, 0.25) is 0 Å². The van der Waals surface area contributed by atoms with E-state index in [1.807, 2.05) is 20.9 Å². The monoisotopic (exact) mass is 995 g/mol. The van der Waals surface area contributed by atoms with Crippen molar-refractivity contribution >= 4 is 24.4 Å². The molecule has 3 amide bonds. The molecule has 72 heavy (non-hydrogen) atoms. The van der Waals surface area contributed by atoms with Crippen LogP contribution >= 0.6 is 0 Å². The van der Waals surface area contributed by atoms with Gasteiger partial charge in [-0.25, -0.2) is 4.79 Å². The lowest BCUT2D eigenvalue weighted by Gasteiger charge is -2.43. The minimum Gasteiger partial charge on any atom is -0.508 e. The summed E-state index contributed by atoms with van der Waals surface area (Å²) in [4.78, 5) is 60.9. The molecule has 15 heteroatoms. The lowest BCUT2D eigenvalue weighted by Crippen LogP contribution is -2.54. The minimum absolute atomic E-state index is 0.0349. The van der Waals surface area contributed by atoms with E-state index in [4.69, 9.17) is 18.9 Å². The number of ether oxygens (including phenoxy) is 4. The molecule has 0 aromatic heterocycles. The van der Waals surface area contributed by atoms with Crippen molar-refractivity contribution in [3.63, 3.8) is 0 Å². The van der Waals surface area contributed by atoms with Crippen molar-refractivity contribution in [1.29, 1.82) is 0 Å². The first-order valence-corrected chi connectivity index (χ1v) is 25.9. The molecule has 0 spiro atoms. The van der Waals surface area contributed by atoms with Gasteiger partial charge in [0.25, 0.3) is 18.3 Å². The summed E-state index contributed by atoms with van der Waals surface area (Å²) in [7, 11) is 2.02. The van der Waals surface area contributed by atoms with Gasteiger partial charge in [-0.3, -0.25) is 19.3 Å². The van der Waals surface area contributed by atoms with Crippen LogP contribution in [0, 0.1) is 0 Å². The maximum absolute atomic E-state index is 14.3. The Morgan fingerprint density at radius 2 is 1.29 bits per heavy atom. The molecule has 7 rings (SSSR count). The number of piperazine rings is 1. The molecule has 0 radical (unpaired) electrons. The molecule has 392 valence electrons. The molecule has 1 saturated heterocycles. The zero-order chi connectivity index (χ0) is 52.1. The topological polar surface area (TPSA) is 179 Å². The Morgan fingerprint density at radius 3 is 1.88 bits per heavy atom. The van der Waals surface area contributed by atoms with Crippen LogP contribution in [0.5, 0.6) is 23.0 Å². The third kappa shape index (κ3) is 12.2. The van der Waals surface area contributed by atoms with Gasteiger partial charge < -0.3 is 49.0 Å². The fraction of sp³-hybridized carbons (Fsp3) is 0.579. The Labute approximate surface area is 426 Å². The molecule has 0 saturated carbocycles. The number of carbonyl (C=O) groups is 4. The number of hydrogen-bond donors (Lipinski definition) is 3. The van der Waals surface area contributed by atoms with Gasteiger partial charge >= 0.3 is 6.09 Å². The maximum atomic E-state index is 14.3. The highest BCUT2D eigenvalue weighted by molar-refractivity contribution is 6.01. The third-order valence-electron chi connectivity index (χ3n) is 15.4. The van der Waals surface area contributed by atoms with Gasteiger partial charge in [-0.2, -0.15) is 0 Å². The van der Waals surface area contributed by atoms with Crippen molar-refractivity contribution in [2.75, 3.05) is 39.8 Å². The van der Waals surface area contributed by atoms with Gasteiger partial charge in [0.15, 0.2) is 6.23 Å². The van der Waals surface area contributed by atoms with Crippen LogP contribution in [0.4, 0.5) is 4.79 Å². The predicted molar refractivity (Wildman–Crippen MR) is 275 cm³/mol. The van der Waals surface area contributed by atoms with E-state index in [1.165, 1.54) is 39.3 Å². The van der Waals surface area contributed by atoms with Gasteiger partial charge in [0.1, 0.15) is 40.3 Å². The molecule has 0 unspecified atom stereocenters. The van der Waals surface area contributed by atoms with Crippen LogP contribution in [0.1, 0.15) is 163 Å². The summed E-state index contributed by atoms with van der Waals surface area (Å²) in [5, 5.41) is 34.0. The molecule has 5 heterocycles. The van der Waals surface area contributed by atoms with Crippen LogP contribution < -0.4 is 9.47 Å². The zero-order valence-electron chi connectivity index (χ0n) is 44.1. The van der Waals surface area contributed by atoms with Crippen LogP contribution in [0.25, 0.3) is 0 Å². The van der Waals surface area contributed by atoms with Gasteiger partial charge in [-0.1, -0.05) is 46.6 Å². The van der Waals surface area contributed by atoms with Crippen molar-refractivity contribution in [1.82, 2.24) is 19.6 Å². The molecule has 5 atom stereocenters. The number of aromatic hydroxyl groups is 2. The fourth-order valence-electron chi connectivity index (χ4n) is 10.6. The standard InChI is InChI=1S/C57H78N4O11/c1-36(2)15-10-17-38(5)19-12-22-56(7)48(65)31-42-46(63)29-40-44(51(42)71-56)33-60(53(40)66)24-14-21-50(69-35-62)61-34-45-41(54(61)67)30-47(64)43-32-49(70-55(68)59-27-25-58(9)26-28-59)57(8,72-52(43)45)23-13-20-39(6)18-11-16-37(3)4/h15-16,19-20,29-30,35,48-50,63-65H,10-14,17-18,21-28,31-34H2,1-9H3/b38-19+,39-20+/t48-,49-,50+,56+,57+/m0/s1. The largest absolute Gasteiger partial charge is 0.508 e. The van der Waals surface area contributed by atoms with Crippen molar-refractivity contribution in [3.8, 4) is 23.0 Å². The second-order valence-corrected chi connectivity index (χ2v) is 21.7. The number of allylic oxidation sites excluding steroid dienone is 8. The number of phenols is 2. The highest BCUT2D eigenvalue weighted by Gasteiger charge is 2.49.